The van der Waals surface area contributed by atoms with E-state index in [4.69, 9.17) is 0 Å². The van der Waals surface area contributed by atoms with E-state index in [1.807, 2.05) is 36.5 Å². The number of piperidine rings is 1. The summed E-state index contributed by atoms with van der Waals surface area (Å²) in [5.41, 5.74) is 2.92. The molecule has 1 saturated heterocycles. The summed E-state index contributed by atoms with van der Waals surface area (Å²) in [5, 5.41) is 7.14. The summed E-state index contributed by atoms with van der Waals surface area (Å²) in [6.45, 7) is 1.71. The molecule has 2 heterocycles. The van der Waals surface area contributed by atoms with Crippen molar-refractivity contribution in [2.24, 2.45) is 0 Å². The average molecular weight is 453 g/mol. The van der Waals surface area contributed by atoms with Crippen LogP contribution < -0.4 is 5.32 Å². The average Bonchev–Trinajstić information content (AvgIpc) is 3.35. The van der Waals surface area contributed by atoms with Crippen LogP contribution in [0.2, 0.25) is 0 Å². The van der Waals surface area contributed by atoms with Crippen molar-refractivity contribution in [3.8, 4) is 5.69 Å². The number of nitrogens with zero attached hydrogens (tertiary/aromatic N) is 3. The SMILES string of the molecule is O=C(Cc1ccc(S(=O)(=O)N2CCCCC2)cc1)NCCc1ccc(-n2cccn2)cc1. The van der Waals surface area contributed by atoms with Gasteiger partial charge in [-0.25, -0.2) is 13.1 Å². The minimum Gasteiger partial charge on any atom is -0.355 e. The Labute approximate surface area is 189 Å². The van der Waals surface area contributed by atoms with Gasteiger partial charge in [0.25, 0.3) is 0 Å². The van der Waals surface area contributed by atoms with Gasteiger partial charge in [-0.1, -0.05) is 30.7 Å². The minimum absolute atomic E-state index is 0.0789. The molecule has 0 atom stereocenters. The molecular formula is C24H28N4O3S. The molecule has 0 unspecified atom stereocenters. The molecule has 0 spiro atoms. The van der Waals surface area contributed by atoms with Gasteiger partial charge in [0.05, 0.1) is 17.0 Å². The molecule has 1 aromatic heterocycles. The number of nitrogens with one attached hydrogen (secondary N) is 1. The zero-order valence-electron chi connectivity index (χ0n) is 18.0. The zero-order chi connectivity index (χ0) is 22.4. The summed E-state index contributed by atoms with van der Waals surface area (Å²) in [6, 6.07) is 16.6. The Hall–Kier alpha value is -2.97. The summed E-state index contributed by atoms with van der Waals surface area (Å²) in [4.78, 5) is 12.6. The largest absolute Gasteiger partial charge is 0.355 e. The van der Waals surface area contributed by atoms with Crippen molar-refractivity contribution in [1.82, 2.24) is 19.4 Å². The van der Waals surface area contributed by atoms with E-state index in [1.54, 1.807) is 39.4 Å². The lowest BCUT2D eigenvalue weighted by Crippen LogP contribution is -2.35. The van der Waals surface area contributed by atoms with Gasteiger partial charge >= 0.3 is 0 Å². The van der Waals surface area contributed by atoms with Crippen LogP contribution in [0, 0.1) is 0 Å². The topological polar surface area (TPSA) is 84.3 Å². The monoisotopic (exact) mass is 452 g/mol. The van der Waals surface area contributed by atoms with Gasteiger partial charge in [-0.15, -0.1) is 0 Å². The Morgan fingerprint density at radius 1 is 0.938 bits per heavy atom. The van der Waals surface area contributed by atoms with Crippen LogP contribution in [0.3, 0.4) is 0 Å². The summed E-state index contributed by atoms with van der Waals surface area (Å²) in [7, 11) is -3.44. The first-order chi connectivity index (χ1) is 15.5. The third-order valence-electron chi connectivity index (χ3n) is 5.68. The lowest BCUT2D eigenvalue weighted by molar-refractivity contribution is -0.120. The van der Waals surface area contributed by atoms with Gasteiger partial charge in [0, 0.05) is 32.0 Å². The van der Waals surface area contributed by atoms with Crippen molar-refractivity contribution >= 4 is 15.9 Å². The van der Waals surface area contributed by atoms with Crippen molar-refractivity contribution in [3.05, 3.63) is 78.1 Å². The van der Waals surface area contributed by atoms with Crippen LogP contribution in [-0.2, 0) is 27.7 Å². The van der Waals surface area contributed by atoms with Crippen LogP contribution in [0.1, 0.15) is 30.4 Å². The lowest BCUT2D eigenvalue weighted by Gasteiger charge is -2.25. The van der Waals surface area contributed by atoms with Crippen molar-refractivity contribution < 1.29 is 13.2 Å². The second-order valence-electron chi connectivity index (χ2n) is 8.00. The number of aromatic nitrogens is 2. The quantitative estimate of drug-likeness (QED) is 0.570. The highest BCUT2D eigenvalue weighted by atomic mass is 32.2. The van der Waals surface area contributed by atoms with E-state index in [2.05, 4.69) is 10.4 Å². The fraction of sp³-hybridized carbons (Fsp3) is 0.333. The van der Waals surface area contributed by atoms with Gasteiger partial charge in [0.15, 0.2) is 0 Å². The van der Waals surface area contributed by atoms with Gasteiger partial charge in [0.1, 0.15) is 0 Å². The molecule has 1 N–H and O–H groups in total. The Bertz CT molecular complexity index is 1120. The van der Waals surface area contributed by atoms with Gasteiger partial charge in [0.2, 0.25) is 15.9 Å². The number of carbonyl (C=O) groups excluding carboxylic acids is 1. The van der Waals surface area contributed by atoms with Crippen LogP contribution in [0.25, 0.3) is 5.69 Å². The van der Waals surface area contributed by atoms with Gasteiger partial charge in [-0.2, -0.15) is 9.40 Å². The lowest BCUT2D eigenvalue weighted by atomic mass is 10.1. The Balaban J connectivity index is 1.25. The summed E-state index contributed by atoms with van der Waals surface area (Å²) in [6.07, 6.45) is 7.49. The molecule has 168 valence electrons. The molecule has 1 aliphatic rings. The van der Waals surface area contributed by atoms with Crippen molar-refractivity contribution in [2.45, 2.75) is 37.0 Å². The Morgan fingerprint density at radius 3 is 2.28 bits per heavy atom. The highest BCUT2D eigenvalue weighted by molar-refractivity contribution is 7.89. The zero-order valence-corrected chi connectivity index (χ0v) is 18.8. The van der Waals surface area contributed by atoms with Crippen LogP contribution in [0.15, 0.2) is 71.9 Å². The van der Waals surface area contributed by atoms with E-state index in [1.165, 1.54) is 0 Å². The molecule has 2 aromatic carbocycles. The molecule has 0 radical (unpaired) electrons. The normalized spacial score (nSPS) is 14.9. The number of amides is 1. The summed E-state index contributed by atoms with van der Waals surface area (Å²) < 4.78 is 28.8. The molecular weight excluding hydrogens is 424 g/mol. The van der Waals surface area contributed by atoms with E-state index in [-0.39, 0.29) is 12.3 Å². The second-order valence-corrected chi connectivity index (χ2v) is 9.94. The molecule has 4 rings (SSSR count). The highest BCUT2D eigenvalue weighted by Gasteiger charge is 2.25. The molecule has 1 aliphatic heterocycles. The first-order valence-electron chi connectivity index (χ1n) is 11.0. The first kappa shape index (κ1) is 22.2. The predicted molar refractivity (Wildman–Crippen MR) is 123 cm³/mol. The second kappa shape index (κ2) is 10.1. The van der Waals surface area contributed by atoms with Crippen LogP contribution in [0.4, 0.5) is 0 Å². The standard InChI is InChI=1S/C24H28N4O3S/c29-24(25-15-13-20-5-9-22(10-6-20)28-18-4-14-26-28)19-21-7-11-23(12-8-21)32(30,31)27-16-2-1-3-17-27/h4-12,14,18H,1-3,13,15-17,19H2,(H,25,29). The molecule has 0 bridgehead atoms. The van der Waals surface area contributed by atoms with Crippen LogP contribution >= 0.6 is 0 Å². The van der Waals surface area contributed by atoms with Crippen molar-refractivity contribution in [2.75, 3.05) is 19.6 Å². The maximum absolute atomic E-state index is 12.7. The molecule has 32 heavy (non-hydrogen) atoms. The molecule has 0 saturated carbocycles. The van der Waals surface area contributed by atoms with Crippen LogP contribution in [-0.4, -0.2) is 48.0 Å². The first-order valence-corrected chi connectivity index (χ1v) is 12.4. The van der Waals surface area contributed by atoms with Gasteiger partial charge < -0.3 is 5.32 Å². The van der Waals surface area contributed by atoms with E-state index < -0.39 is 10.0 Å². The third kappa shape index (κ3) is 5.44. The number of carbonyl (C=O) groups is 1. The number of hydrogen-bond acceptors (Lipinski definition) is 4. The molecule has 1 amide bonds. The van der Waals surface area contributed by atoms with Crippen molar-refractivity contribution in [3.63, 3.8) is 0 Å². The molecule has 0 aliphatic carbocycles. The van der Waals surface area contributed by atoms with E-state index in [0.717, 1.165) is 42.5 Å². The summed E-state index contributed by atoms with van der Waals surface area (Å²) in [5.74, 6) is -0.0789. The van der Waals surface area contributed by atoms with E-state index >= 15 is 0 Å². The smallest absolute Gasteiger partial charge is 0.243 e. The molecule has 7 nitrogen and oxygen atoms in total. The minimum atomic E-state index is -3.44. The fourth-order valence-electron chi connectivity index (χ4n) is 3.86. The molecule has 8 heteroatoms. The third-order valence-corrected chi connectivity index (χ3v) is 7.59. The van der Waals surface area contributed by atoms with Gasteiger partial charge in [-0.05, 0) is 60.7 Å². The molecule has 3 aromatic rings. The van der Waals surface area contributed by atoms with E-state index in [9.17, 15) is 13.2 Å². The summed E-state index contributed by atoms with van der Waals surface area (Å²) >= 11 is 0. The Kier molecular flexibility index (Phi) is 7.02. The Morgan fingerprint density at radius 2 is 1.62 bits per heavy atom. The maximum Gasteiger partial charge on any atom is 0.243 e. The van der Waals surface area contributed by atoms with E-state index in [0.29, 0.717) is 24.5 Å². The number of benzene rings is 2. The highest BCUT2D eigenvalue weighted by Crippen LogP contribution is 2.21. The number of sulfonamides is 1. The van der Waals surface area contributed by atoms with Crippen molar-refractivity contribution in [1.29, 1.82) is 0 Å². The predicted octanol–water partition coefficient (Wildman–Crippen LogP) is 2.95. The number of hydrogen-bond donors (Lipinski definition) is 1. The molecule has 1 fully saturated rings. The fourth-order valence-corrected chi connectivity index (χ4v) is 5.38. The number of rotatable bonds is 8. The van der Waals surface area contributed by atoms with Gasteiger partial charge in [-0.3, -0.25) is 4.79 Å². The van der Waals surface area contributed by atoms with Crippen LogP contribution in [0.5, 0.6) is 0 Å². The maximum atomic E-state index is 12.7.